The smallest absolute Gasteiger partial charge is 0.301 e. The number of aliphatic hydroxyl groups excluding tert-OH is 1. The number of aliphatic hydroxyl groups is 1. The molecule has 1 saturated heterocycles. The molecule has 0 spiro atoms. The van der Waals surface area contributed by atoms with Crippen molar-refractivity contribution in [1.29, 1.82) is 0 Å². The molecule has 0 saturated carbocycles. The number of ether oxygens (including phenoxy) is 1. The van der Waals surface area contributed by atoms with Gasteiger partial charge in [-0.2, -0.15) is 0 Å². The molecule has 0 radical (unpaired) electrons. The van der Waals surface area contributed by atoms with Crippen molar-refractivity contribution in [3.63, 3.8) is 0 Å². The Morgan fingerprint density at radius 1 is 0.857 bits per heavy atom. The van der Waals surface area contributed by atoms with Gasteiger partial charge in [0.25, 0.3) is 5.78 Å². The lowest BCUT2D eigenvalue weighted by molar-refractivity contribution is -0.132. The monoisotopic (exact) mass is 683 g/mol. The molecule has 1 aliphatic rings. The van der Waals surface area contributed by atoms with Crippen molar-refractivity contribution in [2.45, 2.75) is 43.0 Å². The fourth-order valence-electron chi connectivity index (χ4n) is 5.99. The summed E-state index contributed by atoms with van der Waals surface area (Å²) in [5.74, 6) is -0.505. The first kappa shape index (κ1) is 32.3. The van der Waals surface area contributed by atoms with Crippen LogP contribution in [0.2, 0.25) is 0 Å². The van der Waals surface area contributed by atoms with Crippen LogP contribution in [0.1, 0.15) is 46.3 Å². The Balaban J connectivity index is 1.18. The van der Waals surface area contributed by atoms with E-state index in [1.54, 1.807) is 24.3 Å². The number of Topliss-reactive ketones (excluding diaryl/α,β-unsaturated/α-hetero) is 1. The molecule has 1 amide bonds. The minimum absolute atomic E-state index is 0.00276. The highest BCUT2D eigenvalue weighted by molar-refractivity contribution is 8.00. The molecule has 5 aromatic carbocycles. The lowest BCUT2D eigenvalue weighted by atomic mass is 9.94. The van der Waals surface area contributed by atoms with Crippen molar-refractivity contribution in [2.75, 3.05) is 4.90 Å². The van der Waals surface area contributed by atoms with Crippen molar-refractivity contribution in [1.82, 2.24) is 10.2 Å². The van der Waals surface area contributed by atoms with Gasteiger partial charge in [-0.05, 0) is 76.2 Å². The zero-order valence-corrected chi connectivity index (χ0v) is 28.6. The van der Waals surface area contributed by atoms with E-state index in [9.17, 15) is 14.7 Å². The van der Waals surface area contributed by atoms with Gasteiger partial charge >= 0.3 is 5.91 Å². The highest BCUT2D eigenvalue weighted by atomic mass is 32.2. The molecule has 244 valence electrons. The second-order valence-corrected chi connectivity index (χ2v) is 14.0. The summed E-state index contributed by atoms with van der Waals surface area (Å²) in [6, 6.07) is 36.2. The molecule has 9 heteroatoms. The zero-order valence-electron chi connectivity index (χ0n) is 27.0. The van der Waals surface area contributed by atoms with Gasteiger partial charge in [-0.25, -0.2) is 0 Å². The van der Waals surface area contributed by atoms with E-state index in [2.05, 4.69) is 41.4 Å². The Hall–Kier alpha value is -5.25. The fraction of sp³-hybridized carbons (Fsp3) is 0.150. The lowest BCUT2D eigenvalue weighted by Gasteiger charge is -2.22. The van der Waals surface area contributed by atoms with Gasteiger partial charge in [0, 0.05) is 11.3 Å². The molecule has 0 aliphatic carbocycles. The van der Waals surface area contributed by atoms with Gasteiger partial charge < -0.3 is 9.84 Å². The van der Waals surface area contributed by atoms with Crippen LogP contribution in [0.4, 0.5) is 5.13 Å². The summed E-state index contributed by atoms with van der Waals surface area (Å²) < 4.78 is 6.66. The normalized spacial score (nSPS) is 15.6. The Labute approximate surface area is 292 Å². The molecule has 1 aliphatic heterocycles. The van der Waals surface area contributed by atoms with E-state index in [1.165, 1.54) is 44.3 Å². The van der Waals surface area contributed by atoms with Crippen molar-refractivity contribution in [3.8, 4) is 5.75 Å². The fourth-order valence-corrected chi connectivity index (χ4v) is 7.87. The number of amides is 1. The van der Waals surface area contributed by atoms with E-state index < -0.39 is 17.7 Å². The van der Waals surface area contributed by atoms with Gasteiger partial charge in [-0.15, -0.1) is 10.2 Å². The number of carbonyl (C=O) groups excluding carboxylic acids is 2. The minimum atomic E-state index is -0.883. The summed E-state index contributed by atoms with van der Waals surface area (Å²) in [7, 11) is 0. The molecule has 1 N–H and O–H groups in total. The molecule has 2 heterocycles. The highest BCUT2D eigenvalue weighted by Crippen LogP contribution is 2.44. The van der Waals surface area contributed by atoms with Crippen LogP contribution in [0, 0.1) is 6.92 Å². The van der Waals surface area contributed by atoms with Crippen LogP contribution in [0.5, 0.6) is 5.75 Å². The first-order chi connectivity index (χ1) is 23.9. The van der Waals surface area contributed by atoms with Crippen LogP contribution in [0.25, 0.3) is 16.5 Å². The molecular weight excluding hydrogens is 651 g/mol. The summed E-state index contributed by atoms with van der Waals surface area (Å²) in [4.78, 5) is 28.8. The van der Waals surface area contributed by atoms with E-state index in [0.717, 1.165) is 23.1 Å². The molecule has 1 unspecified atom stereocenters. The molecular formula is C40H33N3O4S2. The number of aromatic nitrogens is 2. The van der Waals surface area contributed by atoms with Crippen LogP contribution in [-0.4, -0.2) is 27.0 Å². The maximum atomic E-state index is 13.7. The molecule has 49 heavy (non-hydrogen) atoms. The number of rotatable bonds is 10. The topological polar surface area (TPSA) is 92.6 Å². The van der Waals surface area contributed by atoms with Crippen LogP contribution in [0.3, 0.4) is 0 Å². The number of nitrogens with zero attached hydrogens (tertiary/aromatic N) is 3. The summed E-state index contributed by atoms with van der Waals surface area (Å²) in [6.07, 6.45) is 0.840. The average molecular weight is 684 g/mol. The van der Waals surface area contributed by atoms with Crippen molar-refractivity contribution >= 4 is 56.5 Å². The number of fused-ring (bicyclic) bond motifs is 1. The number of anilines is 1. The highest BCUT2D eigenvalue weighted by Gasteiger charge is 2.48. The number of hydrogen-bond donors (Lipinski definition) is 1. The van der Waals surface area contributed by atoms with Crippen LogP contribution in [0.15, 0.2) is 125 Å². The van der Waals surface area contributed by atoms with Crippen molar-refractivity contribution in [3.05, 3.63) is 154 Å². The quantitative estimate of drug-likeness (QED) is 0.0506. The molecule has 7 nitrogen and oxygen atoms in total. The van der Waals surface area contributed by atoms with Crippen LogP contribution < -0.4 is 9.64 Å². The van der Waals surface area contributed by atoms with Gasteiger partial charge in [-0.3, -0.25) is 14.5 Å². The SMILES string of the molecule is CCc1ccc(C2/C(=C(\O)c3ccc(OCc4ccccc4C)cc3)C(=O)C(=O)N2c2nnc(SCc3cccc4ccccc34)s2)cc1. The maximum Gasteiger partial charge on any atom is 0.301 e. The van der Waals surface area contributed by atoms with Crippen molar-refractivity contribution < 1.29 is 19.4 Å². The second-order valence-electron chi connectivity index (χ2n) is 11.8. The number of carbonyl (C=O) groups is 2. The number of benzene rings is 5. The average Bonchev–Trinajstić information content (AvgIpc) is 3.71. The van der Waals surface area contributed by atoms with Gasteiger partial charge in [0.2, 0.25) is 5.13 Å². The molecule has 1 aromatic heterocycles. The van der Waals surface area contributed by atoms with Crippen molar-refractivity contribution in [2.24, 2.45) is 0 Å². The van der Waals surface area contributed by atoms with Crippen LogP contribution >= 0.6 is 23.1 Å². The summed E-state index contributed by atoms with van der Waals surface area (Å²) in [5, 5.41) is 23.0. The van der Waals surface area contributed by atoms with Gasteiger partial charge in [0.15, 0.2) is 4.34 Å². The Morgan fingerprint density at radius 3 is 2.35 bits per heavy atom. The summed E-state index contributed by atoms with van der Waals surface area (Å²) in [6.45, 7) is 4.50. The van der Waals surface area contributed by atoms with E-state index in [-0.39, 0.29) is 11.3 Å². The van der Waals surface area contributed by atoms with E-state index in [1.807, 2.05) is 73.7 Å². The molecule has 1 fully saturated rings. The number of aryl methyl sites for hydroxylation is 2. The maximum absolute atomic E-state index is 13.7. The lowest BCUT2D eigenvalue weighted by Crippen LogP contribution is -2.29. The number of hydrogen-bond acceptors (Lipinski definition) is 8. The molecule has 0 bridgehead atoms. The van der Waals surface area contributed by atoms with Gasteiger partial charge in [-0.1, -0.05) is 121 Å². The second kappa shape index (κ2) is 14.1. The third kappa shape index (κ3) is 6.60. The molecule has 6 aromatic rings. The van der Waals surface area contributed by atoms with E-state index >= 15 is 0 Å². The minimum Gasteiger partial charge on any atom is -0.507 e. The Kier molecular flexibility index (Phi) is 9.28. The van der Waals surface area contributed by atoms with Crippen LogP contribution in [-0.2, 0) is 28.4 Å². The predicted molar refractivity (Wildman–Crippen MR) is 196 cm³/mol. The first-order valence-corrected chi connectivity index (χ1v) is 17.8. The largest absolute Gasteiger partial charge is 0.507 e. The van der Waals surface area contributed by atoms with E-state index in [4.69, 9.17) is 4.74 Å². The Bertz CT molecular complexity index is 2190. The van der Waals surface area contributed by atoms with Gasteiger partial charge in [0.1, 0.15) is 18.1 Å². The van der Waals surface area contributed by atoms with Gasteiger partial charge in [0.05, 0.1) is 11.6 Å². The first-order valence-electron chi connectivity index (χ1n) is 16.0. The third-order valence-electron chi connectivity index (χ3n) is 8.76. The number of ketones is 1. The third-order valence-corrected chi connectivity index (χ3v) is 10.9. The predicted octanol–water partition coefficient (Wildman–Crippen LogP) is 9.06. The van der Waals surface area contributed by atoms with E-state index in [0.29, 0.717) is 38.7 Å². The standard InChI is InChI=1S/C40H33N3O4S2/c1-3-26-15-17-28(18-16-26)35-34(36(44)29-19-21-32(22-20-29)47-23-30-11-5-4-9-25(30)2)37(45)38(46)43(35)39-41-42-40(49-39)48-24-31-13-8-12-27-10-6-7-14-33(27)31/h4-22,35,44H,3,23-24H2,1-2H3/b36-34+. The molecule has 1 atom stereocenters. The zero-order chi connectivity index (χ0) is 33.9. The number of thioether (sulfide) groups is 1. The summed E-state index contributed by atoms with van der Waals surface area (Å²) in [5.41, 5.74) is 5.60. The molecule has 7 rings (SSSR count). The summed E-state index contributed by atoms with van der Waals surface area (Å²) >= 11 is 2.78. The Morgan fingerprint density at radius 2 is 1.57 bits per heavy atom.